The quantitative estimate of drug-likeness (QED) is 0.448. The maximum atomic E-state index is 13.7. The first-order chi connectivity index (χ1) is 13.7. The highest BCUT2D eigenvalue weighted by Gasteiger charge is 2.15. The second kappa shape index (κ2) is 8.92. The molecule has 1 N–H and O–H groups in total. The molecule has 1 heterocycles. The summed E-state index contributed by atoms with van der Waals surface area (Å²) in [5.74, 6) is -1.89. The number of halogens is 3. The molecule has 0 aliphatic carbocycles. The second-order valence-corrected chi connectivity index (χ2v) is 8.21. The van der Waals surface area contributed by atoms with Crippen molar-refractivity contribution in [3.05, 3.63) is 63.4 Å². The number of hydrogen-bond acceptors (Lipinski definition) is 4. The third kappa shape index (κ3) is 5.13. The molecule has 0 saturated carbocycles. The highest BCUT2D eigenvalue weighted by Crippen LogP contribution is 2.22. The maximum Gasteiger partial charge on any atom is 0.262 e. The topological polar surface area (TPSA) is 64.0 Å². The van der Waals surface area contributed by atoms with Crippen LogP contribution in [-0.2, 0) is 11.3 Å². The number of fused-ring (bicyclic) bond motifs is 1. The van der Waals surface area contributed by atoms with Crippen molar-refractivity contribution in [1.29, 1.82) is 0 Å². The van der Waals surface area contributed by atoms with Gasteiger partial charge < -0.3 is 5.32 Å². The number of aromatic nitrogens is 2. The molecule has 2 aromatic carbocycles. The fourth-order valence-corrected chi connectivity index (χ4v) is 3.70. The van der Waals surface area contributed by atoms with E-state index in [0.29, 0.717) is 27.6 Å². The van der Waals surface area contributed by atoms with Gasteiger partial charge in [0.25, 0.3) is 5.56 Å². The van der Waals surface area contributed by atoms with Crippen LogP contribution in [0.3, 0.4) is 0 Å². The molecule has 9 heteroatoms. The monoisotopic (exact) mass is 437 g/mol. The predicted molar refractivity (Wildman–Crippen MR) is 112 cm³/mol. The van der Waals surface area contributed by atoms with Crippen molar-refractivity contribution >= 4 is 45.9 Å². The van der Waals surface area contributed by atoms with Crippen molar-refractivity contribution in [2.75, 3.05) is 11.1 Å². The highest BCUT2D eigenvalue weighted by atomic mass is 35.5. The van der Waals surface area contributed by atoms with Gasteiger partial charge in [-0.25, -0.2) is 13.8 Å². The Kier molecular flexibility index (Phi) is 6.54. The number of thioether (sulfide) groups is 1. The van der Waals surface area contributed by atoms with Crippen LogP contribution in [0.1, 0.15) is 13.8 Å². The number of amides is 1. The first kappa shape index (κ1) is 21.3. The molecule has 29 heavy (non-hydrogen) atoms. The van der Waals surface area contributed by atoms with E-state index in [2.05, 4.69) is 10.3 Å². The molecular weight excluding hydrogens is 420 g/mol. The molecule has 3 rings (SSSR count). The molecule has 1 aromatic heterocycles. The van der Waals surface area contributed by atoms with Crippen molar-refractivity contribution < 1.29 is 13.6 Å². The molecule has 152 valence electrons. The molecule has 0 saturated heterocycles. The predicted octanol–water partition coefficient (Wildman–Crippen LogP) is 4.71. The zero-order valence-electron chi connectivity index (χ0n) is 15.7. The van der Waals surface area contributed by atoms with Crippen molar-refractivity contribution in [2.24, 2.45) is 5.92 Å². The number of rotatable bonds is 6. The number of nitrogens with one attached hydrogen (secondary N) is 1. The van der Waals surface area contributed by atoms with Crippen LogP contribution < -0.4 is 10.9 Å². The Morgan fingerprint density at radius 1 is 1.24 bits per heavy atom. The third-order valence-electron chi connectivity index (χ3n) is 3.96. The Balaban J connectivity index is 1.86. The van der Waals surface area contributed by atoms with Crippen molar-refractivity contribution in [1.82, 2.24) is 9.55 Å². The van der Waals surface area contributed by atoms with E-state index in [1.54, 1.807) is 18.2 Å². The fourth-order valence-electron chi connectivity index (χ4n) is 2.72. The summed E-state index contributed by atoms with van der Waals surface area (Å²) in [6.45, 7) is 4.34. The van der Waals surface area contributed by atoms with Crippen LogP contribution >= 0.6 is 23.4 Å². The first-order valence-electron chi connectivity index (χ1n) is 8.82. The molecule has 0 spiro atoms. The summed E-state index contributed by atoms with van der Waals surface area (Å²) >= 11 is 7.05. The largest absolute Gasteiger partial charge is 0.323 e. The van der Waals surface area contributed by atoms with Gasteiger partial charge in [-0.05, 0) is 36.2 Å². The number of nitrogens with zero attached hydrogens (tertiary/aromatic N) is 2. The summed E-state index contributed by atoms with van der Waals surface area (Å²) in [5.41, 5.74) is -0.0138. The molecule has 0 aliphatic rings. The smallest absolute Gasteiger partial charge is 0.262 e. The fraction of sp³-hybridized carbons (Fsp3) is 0.250. The minimum absolute atomic E-state index is 0.125. The van der Waals surface area contributed by atoms with Gasteiger partial charge in [-0.1, -0.05) is 37.2 Å². The summed E-state index contributed by atoms with van der Waals surface area (Å²) in [4.78, 5) is 29.6. The van der Waals surface area contributed by atoms with Gasteiger partial charge in [-0.2, -0.15) is 0 Å². The van der Waals surface area contributed by atoms with E-state index in [0.717, 1.165) is 30.0 Å². The molecule has 0 aliphatic heterocycles. The van der Waals surface area contributed by atoms with Crippen LogP contribution in [0, 0.1) is 17.6 Å². The molecule has 0 unspecified atom stereocenters. The van der Waals surface area contributed by atoms with E-state index in [1.165, 1.54) is 4.57 Å². The molecule has 0 bridgehead atoms. The van der Waals surface area contributed by atoms with E-state index in [9.17, 15) is 18.4 Å². The average Bonchev–Trinajstić information content (AvgIpc) is 2.66. The van der Waals surface area contributed by atoms with Crippen molar-refractivity contribution in [2.45, 2.75) is 25.5 Å². The first-order valence-corrected chi connectivity index (χ1v) is 10.2. The molecule has 0 fully saturated rings. The Morgan fingerprint density at radius 2 is 2.00 bits per heavy atom. The van der Waals surface area contributed by atoms with Crippen LogP contribution in [0.25, 0.3) is 10.9 Å². The van der Waals surface area contributed by atoms with Crippen LogP contribution in [0.5, 0.6) is 0 Å². The molecule has 1 amide bonds. The second-order valence-electron chi connectivity index (χ2n) is 6.83. The Hall–Kier alpha value is -2.45. The van der Waals surface area contributed by atoms with Gasteiger partial charge in [0.15, 0.2) is 5.16 Å². The lowest BCUT2D eigenvalue weighted by molar-refractivity contribution is -0.113. The summed E-state index contributed by atoms with van der Waals surface area (Å²) in [6.07, 6.45) is 0. The van der Waals surface area contributed by atoms with Crippen LogP contribution in [0.2, 0.25) is 5.02 Å². The summed E-state index contributed by atoms with van der Waals surface area (Å²) in [7, 11) is 0. The Morgan fingerprint density at radius 3 is 2.72 bits per heavy atom. The minimum atomic E-state index is -0.734. The van der Waals surface area contributed by atoms with Gasteiger partial charge >= 0.3 is 0 Å². The Labute approximate surface area is 175 Å². The molecular formula is C20H18ClF2N3O2S. The number of carbonyl (C=O) groups is 1. The van der Waals surface area contributed by atoms with E-state index in [1.807, 2.05) is 13.8 Å². The van der Waals surface area contributed by atoms with E-state index in [-0.39, 0.29) is 22.9 Å². The zero-order chi connectivity index (χ0) is 21.1. The standard InChI is InChI=1S/C20H18ClF2N3O2S/c1-11(2)9-26-19(28)14-7-12(21)3-6-16(14)25-20(26)29-10-18(27)24-17-8-13(22)4-5-15(17)23/h3-8,11H,9-10H2,1-2H3,(H,24,27). The lowest BCUT2D eigenvalue weighted by Gasteiger charge is -2.15. The number of anilines is 1. The number of carbonyl (C=O) groups excluding carboxylic acids is 1. The lowest BCUT2D eigenvalue weighted by atomic mass is 10.2. The highest BCUT2D eigenvalue weighted by molar-refractivity contribution is 7.99. The van der Waals surface area contributed by atoms with E-state index < -0.39 is 17.5 Å². The van der Waals surface area contributed by atoms with Crippen LogP contribution in [-0.4, -0.2) is 21.2 Å². The van der Waals surface area contributed by atoms with E-state index >= 15 is 0 Å². The summed E-state index contributed by atoms with van der Waals surface area (Å²) < 4.78 is 28.5. The Bertz CT molecular complexity index is 1130. The van der Waals surface area contributed by atoms with Gasteiger partial charge in [0.05, 0.1) is 22.3 Å². The maximum absolute atomic E-state index is 13.7. The van der Waals surface area contributed by atoms with Gasteiger partial charge in [0.2, 0.25) is 5.91 Å². The van der Waals surface area contributed by atoms with Gasteiger partial charge in [-0.3, -0.25) is 14.2 Å². The number of hydrogen-bond donors (Lipinski definition) is 1. The summed E-state index contributed by atoms with van der Waals surface area (Å²) in [5, 5.41) is 3.53. The van der Waals surface area contributed by atoms with Gasteiger partial charge in [0.1, 0.15) is 11.6 Å². The summed E-state index contributed by atoms with van der Waals surface area (Å²) in [6, 6.07) is 7.66. The third-order valence-corrected chi connectivity index (χ3v) is 5.18. The van der Waals surface area contributed by atoms with Crippen LogP contribution in [0.4, 0.5) is 14.5 Å². The molecule has 5 nitrogen and oxygen atoms in total. The normalized spacial score (nSPS) is 11.2. The van der Waals surface area contributed by atoms with Gasteiger partial charge in [-0.15, -0.1) is 0 Å². The van der Waals surface area contributed by atoms with Crippen LogP contribution in [0.15, 0.2) is 46.3 Å². The molecule has 0 radical (unpaired) electrons. The van der Waals surface area contributed by atoms with Gasteiger partial charge in [0, 0.05) is 17.6 Å². The van der Waals surface area contributed by atoms with E-state index in [4.69, 9.17) is 11.6 Å². The SMILES string of the molecule is CC(C)Cn1c(SCC(=O)Nc2cc(F)ccc2F)nc2ccc(Cl)cc2c1=O. The van der Waals surface area contributed by atoms with Crippen molar-refractivity contribution in [3.63, 3.8) is 0 Å². The molecule has 0 atom stereocenters. The number of benzene rings is 2. The van der Waals surface area contributed by atoms with Crippen molar-refractivity contribution in [3.8, 4) is 0 Å². The lowest BCUT2D eigenvalue weighted by Crippen LogP contribution is -2.26. The molecule has 3 aromatic rings. The minimum Gasteiger partial charge on any atom is -0.323 e. The zero-order valence-corrected chi connectivity index (χ0v) is 17.3. The average molecular weight is 438 g/mol.